The van der Waals surface area contributed by atoms with Gasteiger partial charge < -0.3 is 5.73 Å². The minimum atomic E-state index is 0.155. The van der Waals surface area contributed by atoms with Crippen LogP contribution in [-0.4, -0.2) is 23.0 Å². The van der Waals surface area contributed by atoms with Gasteiger partial charge in [-0.1, -0.05) is 12.8 Å². The fourth-order valence-electron chi connectivity index (χ4n) is 3.14. The van der Waals surface area contributed by atoms with E-state index in [4.69, 9.17) is 5.73 Å². The van der Waals surface area contributed by atoms with E-state index in [1.165, 1.54) is 57.1 Å². The van der Waals surface area contributed by atoms with Crippen LogP contribution in [0.3, 0.4) is 0 Å². The molecule has 0 saturated heterocycles. The second kappa shape index (κ2) is 5.32. The van der Waals surface area contributed by atoms with Gasteiger partial charge in [-0.2, -0.15) is 11.3 Å². The lowest BCUT2D eigenvalue weighted by Gasteiger charge is -2.29. The Labute approximate surface area is 114 Å². The van der Waals surface area contributed by atoms with Gasteiger partial charge in [0.25, 0.3) is 0 Å². The molecule has 2 N–H and O–H groups in total. The summed E-state index contributed by atoms with van der Waals surface area (Å²) in [4.78, 5) is 2.66. The van der Waals surface area contributed by atoms with Gasteiger partial charge in [0.2, 0.25) is 0 Å². The molecule has 0 unspecified atom stereocenters. The maximum Gasteiger partial charge on any atom is 0.0244 e. The van der Waals surface area contributed by atoms with E-state index in [1.807, 2.05) is 0 Å². The fraction of sp³-hybridized carbons (Fsp3) is 0.733. The molecule has 0 aliphatic heterocycles. The van der Waals surface area contributed by atoms with E-state index >= 15 is 0 Å². The standard InChI is InChI=1S/C15H24N2S/c16-15(6-1-2-7-15)8-9-17(14-3-4-14)11-13-5-10-18-12-13/h5,10,12,14H,1-4,6-9,11,16H2. The zero-order chi connectivity index (χ0) is 12.4. The van der Waals surface area contributed by atoms with Crippen molar-refractivity contribution in [3.63, 3.8) is 0 Å². The first-order chi connectivity index (χ1) is 8.75. The third-order valence-electron chi connectivity index (χ3n) is 4.53. The molecular weight excluding hydrogens is 240 g/mol. The Morgan fingerprint density at radius 1 is 1.33 bits per heavy atom. The number of nitrogens with two attached hydrogens (primary N) is 1. The molecular formula is C15H24N2S. The predicted octanol–water partition coefficient (Wildman–Crippen LogP) is 3.37. The molecule has 1 aromatic heterocycles. The van der Waals surface area contributed by atoms with E-state index in [0.29, 0.717) is 0 Å². The molecule has 2 aliphatic carbocycles. The Morgan fingerprint density at radius 2 is 2.11 bits per heavy atom. The van der Waals surface area contributed by atoms with Crippen LogP contribution in [0.4, 0.5) is 0 Å². The fourth-order valence-corrected chi connectivity index (χ4v) is 3.80. The van der Waals surface area contributed by atoms with Gasteiger partial charge in [-0.15, -0.1) is 0 Å². The maximum atomic E-state index is 6.48. The lowest BCUT2D eigenvalue weighted by Crippen LogP contribution is -2.41. The van der Waals surface area contributed by atoms with Crippen LogP contribution in [0.2, 0.25) is 0 Å². The van der Waals surface area contributed by atoms with Crippen molar-refractivity contribution in [1.29, 1.82) is 0 Å². The first kappa shape index (κ1) is 12.6. The third-order valence-corrected chi connectivity index (χ3v) is 5.26. The zero-order valence-corrected chi connectivity index (χ0v) is 11.9. The second-order valence-corrected chi connectivity index (χ2v) is 6.93. The van der Waals surface area contributed by atoms with Gasteiger partial charge in [0.05, 0.1) is 0 Å². The summed E-state index contributed by atoms with van der Waals surface area (Å²) in [5.41, 5.74) is 8.11. The average Bonchev–Trinajstić information content (AvgIpc) is 2.90. The van der Waals surface area contributed by atoms with Crippen molar-refractivity contribution in [3.05, 3.63) is 22.4 Å². The lowest BCUT2D eigenvalue weighted by atomic mass is 9.94. The first-order valence-electron chi connectivity index (χ1n) is 7.29. The minimum Gasteiger partial charge on any atom is -0.325 e. The van der Waals surface area contributed by atoms with Crippen molar-refractivity contribution < 1.29 is 0 Å². The second-order valence-electron chi connectivity index (χ2n) is 6.15. The summed E-state index contributed by atoms with van der Waals surface area (Å²) in [6.07, 6.45) is 9.12. The van der Waals surface area contributed by atoms with Crippen LogP contribution in [0, 0.1) is 0 Å². The number of rotatable bonds is 6. The smallest absolute Gasteiger partial charge is 0.0244 e. The Kier molecular flexibility index (Phi) is 3.73. The highest BCUT2D eigenvalue weighted by Gasteiger charge is 2.33. The van der Waals surface area contributed by atoms with E-state index in [9.17, 15) is 0 Å². The summed E-state index contributed by atoms with van der Waals surface area (Å²) in [6.45, 7) is 2.32. The van der Waals surface area contributed by atoms with E-state index in [-0.39, 0.29) is 5.54 Å². The van der Waals surface area contributed by atoms with Crippen LogP contribution < -0.4 is 5.73 Å². The van der Waals surface area contributed by atoms with Crippen LogP contribution in [0.25, 0.3) is 0 Å². The van der Waals surface area contributed by atoms with Crippen LogP contribution in [-0.2, 0) is 6.54 Å². The van der Waals surface area contributed by atoms with E-state index < -0.39 is 0 Å². The van der Waals surface area contributed by atoms with Crippen molar-refractivity contribution in [2.45, 2.75) is 63.1 Å². The molecule has 1 aromatic rings. The average molecular weight is 264 g/mol. The Balaban J connectivity index is 1.54. The molecule has 2 aliphatic rings. The van der Waals surface area contributed by atoms with Crippen LogP contribution in [0.15, 0.2) is 16.8 Å². The molecule has 0 radical (unpaired) electrons. The van der Waals surface area contributed by atoms with Gasteiger partial charge in [-0.3, -0.25) is 4.90 Å². The van der Waals surface area contributed by atoms with Crippen molar-refractivity contribution in [2.24, 2.45) is 5.73 Å². The van der Waals surface area contributed by atoms with E-state index in [2.05, 4.69) is 21.7 Å². The highest BCUT2D eigenvalue weighted by Crippen LogP contribution is 2.33. The molecule has 18 heavy (non-hydrogen) atoms. The molecule has 0 aromatic carbocycles. The van der Waals surface area contributed by atoms with Crippen LogP contribution in [0.1, 0.15) is 50.5 Å². The molecule has 100 valence electrons. The summed E-state index contributed by atoms with van der Waals surface area (Å²) >= 11 is 1.80. The van der Waals surface area contributed by atoms with Gasteiger partial charge in [-0.05, 0) is 54.5 Å². The van der Waals surface area contributed by atoms with Crippen molar-refractivity contribution in [2.75, 3.05) is 6.54 Å². The molecule has 0 amide bonds. The number of hydrogen-bond donors (Lipinski definition) is 1. The predicted molar refractivity (Wildman–Crippen MR) is 77.8 cm³/mol. The molecule has 0 bridgehead atoms. The van der Waals surface area contributed by atoms with Gasteiger partial charge >= 0.3 is 0 Å². The summed E-state index contributed by atoms with van der Waals surface area (Å²) < 4.78 is 0. The van der Waals surface area contributed by atoms with Crippen molar-refractivity contribution in [1.82, 2.24) is 4.90 Å². The molecule has 1 heterocycles. The Hall–Kier alpha value is -0.380. The van der Waals surface area contributed by atoms with Gasteiger partial charge in [0.15, 0.2) is 0 Å². The molecule has 3 rings (SSSR count). The number of hydrogen-bond acceptors (Lipinski definition) is 3. The molecule has 0 spiro atoms. The zero-order valence-electron chi connectivity index (χ0n) is 11.1. The third kappa shape index (κ3) is 3.14. The van der Waals surface area contributed by atoms with Gasteiger partial charge in [-0.25, -0.2) is 0 Å². The highest BCUT2D eigenvalue weighted by atomic mass is 32.1. The number of thiophene rings is 1. The van der Waals surface area contributed by atoms with Gasteiger partial charge in [0, 0.05) is 24.7 Å². The Morgan fingerprint density at radius 3 is 2.72 bits per heavy atom. The first-order valence-corrected chi connectivity index (χ1v) is 8.23. The van der Waals surface area contributed by atoms with Crippen molar-refractivity contribution in [3.8, 4) is 0 Å². The minimum absolute atomic E-state index is 0.155. The SMILES string of the molecule is NC1(CCN(Cc2ccsc2)C2CC2)CCCC1. The largest absolute Gasteiger partial charge is 0.325 e. The molecule has 2 fully saturated rings. The van der Waals surface area contributed by atoms with Crippen LogP contribution >= 0.6 is 11.3 Å². The topological polar surface area (TPSA) is 29.3 Å². The molecule has 3 heteroatoms. The monoisotopic (exact) mass is 264 g/mol. The summed E-state index contributed by atoms with van der Waals surface area (Å²) in [6, 6.07) is 3.10. The highest BCUT2D eigenvalue weighted by molar-refractivity contribution is 7.07. The summed E-state index contributed by atoms with van der Waals surface area (Å²) in [5.74, 6) is 0. The normalized spacial score (nSPS) is 22.8. The van der Waals surface area contributed by atoms with E-state index in [0.717, 1.165) is 12.6 Å². The van der Waals surface area contributed by atoms with Crippen molar-refractivity contribution >= 4 is 11.3 Å². The molecule has 2 saturated carbocycles. The maximum absolute atomic E-state index is 6.48. The quantitative estimate of drug-likeness (QED) is 0.853. The summed E-state index contributed by atoms with van der Waals surface area (Å²) in [5, 5.41) is 4.46. The Bertz CT molecular complexity index is 364. The van der Waals surface area contributed by atoms with E-state index in [1.54, 1.807) is 11.3 Å². The molecule has 0 atom stereocenters. The van der Waals surface area contributed by atoms with Gasteiger partial charge in [0.1, 0.15) is 0 Å². The number of nitrogens with zero attached hydrogens (tertiary/aromatic N) is 1. The molecule has 2 nitrogen and oxygen atoms in total. The van der Waals surface area contributed by atoms with Crippen LogP contribution in [0.5, 0.6) is 0 Å². The lowest BCUT2D eigenvalue weighted by molar-refractivity contribution is 0.222. The summed E-state index contributed by atoms with van der Waals surface area (Å²) in [7, 11) is 0.